The molecule has 0 unspecified atom stereocenters. The molecule has 0 spiro atoms. The van der Waals surface area contributed by atoms with E-state index in [-0.39, 0.29) is 23.3 Å². The van der Waals surface area contributed by atoms with Crippen molar-refractivity contribution in [3.05, 3.63) is 22.3 Å². The van der Waals surface area contributed by atoms with Gasteiger partial charge in [0.25, 0.3) is 11.1 Å². The number of nitrogens with zero attached hydrogens (tertiary/aromatic N) is 3. The van der Waals surface area contributed by atoms with E-state index in [1.54, 1.807) is 5.38 Å². The molecule has 0 aliphatic rings. The number of rotatable bonds is 5. The highest BCUT2D eigenvalue weighted by Crippen LogP contribution is 2.26. The topological polar surface area (TPSA) is 51.8 Å². The minimum Gasteiger partial charge on any atom is -0.410 e. The minimum absolute atomic E-state index is 0.0981. The van der Waals surface area contributed by atoms with Crippen molar-refractivity contribution in [3.63, 3.8) is 0 Å². The summed E-state index contributed by atoms with van der Waals surface area (Å²) in [4.78, 5) is 4.17. The van der Waals surface area contributed by atoms with Gasteiger partial charge < -0.3 is 4.42 Å². The van der Waals surface area contributed by atoms with Gasteiger partial charge >= 0.3 is 6.08 Å². The Labute approximate surface area is 114 Å². The van der Waals surface area contributed by atoms with Crippen LogP contribution in [0.25, 0.3) is 11.6 Å². The average molecular weight is 307 g/mol. The van der Waals surface area contributed by atoms with Crippen molar-refractivity contribution in [2.24, 2.45) is 0 Å². The van der Waals surface area contributed by atoms with Crippen LogP contribution < -0.4 is 0 Å². The SMILES string of the molecule is Cc1nc(-c2nnc(SCCC(F)=C(F)F)o2)cs1. The first kappa shape index (κ1) is 14.1. The van der Waals surface area contributed by atoms with Crippen molar-refractivity contribution in [3.8, 4) is 11.6 Å². The zero-order valence-electron chi connectivity index (χ0n) is 9.69. The summed E-state index contributed by atoms with van der Waals surface area (Å²) >= 11 is 2.47. The van der Waals surface area contributed by atoms with Crippen LogP contribution in [0.15, 0.2) is 26.9 Å². The van der Waals surface area contributed by atoms with Crippen LogP contribution in [0.3, 0.4) is 0 Å². The molecule has 0 radical (unpaired) electrons. The molecule has 4 nitrogen and oxygen atoms in total. The standard InChI is InChI=1S/C10H8F3N3OS2/c1-5-14-7(4-19-5)9-15-16-10(17-9)18-3-2-6(11)8(12)13/h4H,2-3H2,1H3. The second-order valence-electron chi connectivity index (χ2n) is 3.39. The van der Waals surface area contributed by atoms with Crippen LogP contribution in [-0.2, 0) is 0 Å². The van der Waals surface area contributed by atoms with Gasteiger partial charge in [-0.15, -0.1) is 21.5 Å². The predicted octanol–water partition coefficient (Wildman–Crippen LogP) is 4.06. The zero-order valence-corrected chi connectivity index (χ0v) is 11.3. The normalized spacial score (nSPS) is 10.7. The van der Waals surface area contributed by atoms with Crippen molar-refractivity contribution < 1.29 is 17.6 Å². The van der Waals surface area contributed by atoms with Crippen molar-refractivity contribution >= 4 is 23.1 Å². The summed E-state index contributed by atoms with van der Waals surface area (Å²) in [5.41, 5.74) is 0.572. The maximum Gasteiger partial charge on any atom is 0.301 e. The molecule has 2 aromatic rings. The largest absolute Gasteiger partial charge is 0.410 e. The molecule has 0 N–H and O–H groups in total. The molecule has 2 heterocycles. The molecule has 102 valence electrons. The van der Waals surface area contributed by atoms with Crippen LogP contribution in [0, 0.1) is 6.92 Å². The lowest BCUT2D eigenvalue weighted by atomic mass is 10.4. The molecule has 0 aliphatic carbocycles. The van der Waals surface area contributed by atoms with E-state index in [4.69, 9.17) is 4.42 Å². The number of hydrogen-bond acceptors (Lipinski definition) is 6. The molecular weight excluding hydrogens is 299 g/mol. The average Bonchev–Trinajstić information content (AvgIpc) is 2.97. The summed E-state index contributed by atoms with van der Waals surface area (Å²) in [6.45, 7) is 1.85. The number of thiazole rings is 1. The fourth-order valence-electron chi connectivity index (χ4n) is 1.16. The summed E-state index contributed by atoms with van der Waals surface area (Å²) in [6, 6.07) is 0. The number of aryl methyl sites for hydroxylation is 1. The summed E-state index contributed by atoms with van der Waals surface area (Å²) < 4.78 is 41.5. The summed E-state index contributed by atoms with van der Waals surface area (Å²) in [7, 11) is 0. The number of hydrogen-bond donors (Lipinski definition) is 0. The van der Waals surface area contributed by atoms with Crippen molar-refractivity contribution in [2.75, 3.05) is 5.75 Å². The van der Waals surface area contributed by atoms with E-state index < -0.39 is 11.9 Å². The molecule has 2 rings (SSSR count). The molecule has 0 aromatic carbocycles. The maximum atomic E-state index is 12.5. The fraction of sp³-hybridized carbons (Fsp3) is 0.300. The Morgan fingerprint density at radius 1 is 1.37 bits per heavy atom. The third-order valence-electron chi connectivity index (χ3n) is 2.00. The summed E-state index contributed by atoms with van der Waals surface area (Å²) in [6.07, 6.45) is -2.66. The van der Waals surface area contributed by atoms with E-state index in [0.717, 1.165) is 16.8 Å². The first-order valence-electron chi connectivity index (χ1n) is 5.14. The zero-order chi connectivity index (χ0) is 13.8. The van der Waals surface area contributed by atoms with Crippen molar-refractivity contribution in [1.29, 1.82) is 0 Å². The maximum absolute atomic E-state index is 12.5. The molecule has 0 fully saturated rings. The van der Waals surface area contributed by atoms with E-state index in [0.29, 0.717) is 5.69 Å². The molecule has 2 aromatic heterocycles. The first-order chi connectivity index (χ1) is 9.06. The van der Waals surface area contributed by atoms with Gasteiger partial charge in [-0.3, -0.25) is 0 Å². The molecule has 9 heteroatoms. The van der Waals surface area contributed by atoms with Gasteiger partial charge in [0.2, 0.25) is 0 Å². The van der Waals surface area contributed by atoms with Crippen molar-refractivity contribution in [1.82, 2.24) is 15.2 Å². The van der Waals surface area contributed by atoms with Gasteiger partial charge in [-0.05, 0) is 6.92 Å². The summed E-state index contributed by atoms with van der Waals surface area (Å²) in [5, 5.41) is 10.4. The molecule has 19 heavy (non-hydrogen) atoms. The molecule has 0 saturated heterocycles. The third kappa shape index (κ3) is 3.80. The molecular formula is C10H8F3N3OS2. The van der Waals surface area contributed by atoms with Gasteiger partial charge in [0.1, 0.15) is 5.69 Å². The number of aromatic nitrogens is 3. The van der Waals surface area contributed by atoms with Crippen LogP contribution in [0.4, 0.5) is 13.2 Å². The Morgan fingerprint density at radius 2 is 2.16 bits per heavy atom. The first-order valence-corrected chi connectivity index (χ1v) is 7.01. The second kappa shape index (κ2) is 6.20. The van der Waals surface area contributed by atoms with Crippen molar-refractivity contribution in [2.45, 2.75) is 18.6 Å². The smallest absolute Gasteiger partial charge is 0.301 e. The minimum atomic E-state index is -2.29. The van der Waals surface area contributed by atoms with E-state index in [9.17, 15) is 13.2 Å². The van der Waals surface area contributed by atoms with Crippen LogP contribution in [0.5, 0.6) is 0 Å². The lowest BCUT2D eigenvalue weighted by molar-refractivity contribution is 0.373. The highest BCUT2D eigenvalue weighted by Gasteiger charge is 2.12. The van der Waals surface area contributed by atoms with Gasteiger partial charge in [-0.2, -0.15) is 8.78 Å². The monoisotopic (exact) mass is 307 g/mol. The Balaban J connectivity index is 1.93. The van der Waals surface area contributed by atoms with Gasteiger partial charge in [-0.1, -0.05) is 11.8 Å². The van der Waals surface area contributed by atoms with E-state index in [1.807, 2.05) is 6.92 Å². The van der Waals surface area contributed by atoms with E-state index in [2.05, 4.69) is 15.2 Å². The lowest BCUT2D eigenvalue weighted by Crippen LogP contribution is -1.82. The highest BCUT2D eigenvalue weighted by atomic mass is 32.2. The Morgan fingerprint density at radius 3 is 2.79 bits per heavy atom. The van der Waals surface area contributed by atoms with Gasteiger partial charge in [0.15, 0.2) is 5.83 Å². The highest BCUT2D eigenvalue weighted by molar-refractivity contribution is 7.99. The van der Waals surface area contributed by atoms with Crippen LogP contribution in [0.2, 0.25) is 0 Å². The predicted molar refractivity (Wildman–Crippen MR) is 65.8 cm³/mol. The van der Waals surface area contributed by atoms with E-state index >= 15 is 0 Å². The molecule has 0 amide bonds. The lowest BCUT2D eigenvalue weighted by Gasteiger charge is -1.93. The van der Waals surface area contributed by atoms with Crippen LogP contribution >= 0.6 is 23.1 Å². The second-order valence-corrected chi connectivity index (χ2v) is 5.50. The van der Waals surface area contributed by atoms with Gasteiger partial charge in [0, 0.05) is 17.6 Å². The Hall–Kier alpha value is -1.35. The molecule has 0 atom stereocenters. The van der Waals surface area contributed by atoms with Crippen LogP contribution in [-0.4, -0.2) is 20.9 Å². The number of halogens is 3. The summed E-state index contributed by atoms with van der Waals surface area (Å²) in [5.74, 6) is -1.05. The molecule has 0 saturated carbocycles. The molecule has 0 bridgehead atoms. The number of thioether (sulfide) groups is 1. The van der Waals surface area contributed by atoms with E-state index in [1.165, 1.54) is 11.3 Å². The Bertz CT molecular complexity index is 592. The van der Waals surface area contributed by atoms with Crippen LogP contribution in [0.1, 0.15) is 11.4 Å². The third-order valence-corrected chi connectivity index (χ3v) is 3.59. The number of allylic oxidation sites excluding steroid dienone is 1. The van der Waals surface area contributed by atoms with Gasteiger partial charge in [-0.25, -0.2) is 9.37 Å². The Kier molecular flexibility index (Phi) is 4.59. The molecule has 0 aliphatic heterocycles. The fourth-order valence-corrected chi connectivity index (χ4v) is 2.43. The van der Waals surface area contributed by atoms with Gasteiger partial charge in [0.05, 0.1) is 5.01 Å². The quantitative estimate of drug-likeness (QED) is 0.780.